The molecule has 3 aromatic heterocycles. The zero-order valence-corrected chi connectivity index (χ0v) is 15.0. The van der Waals surface area contributed by atoms with Crippen LogP contribution in [0.5, 0.6) is 5.75 Å². The van der Waals surface area contributed by atoms with Crippen molar-refractivity contribution in [3.05, 3.63) is 94.0 Å². The monoisotopic (exact) mass is 363 g/mol. The predicted octanol–water partition coefficient (Wildman–Crippen LogP) is 3.82. The van der Waals surface area contributed by atoms with Crippen molar-refractivity contribution in [2.24, 2.45) is 0 Å². The Balaban J connectivity index is 1.59. The summed E-state index contributed by atoms with van der Waals surface area (Å²) in [6.45, 7) is 4.22. The Bertz CT molecular complexity index is 1180. The lowest BCUT2D eigenvalue weighted by Crippen LogP contribution is -2.17. The molecular weight excluding hydrogens is 345 g/mol. The van der Waals surface area contributed by atoms with E-state index >= 15 is 0 Å². The molecule has 4 aromatic rings. The van der Waals surface area contributed by atoms with E-state index in [4.69, 9.17) is 4.74 Å². The van der Waals surface area contributed by atoms with E-state index in [1.165, 1.54) is 18.2 Å². The molecule has 0 N–H and O–H groups in total. The van der Waals surface area contributed by atoms with Gasteiger partial charge >= 0.3 is 0 Å². The maximum absolute atomic E-state index is 12.9. The SMILES string of the molecule is Cc1nc2ccc(-n3ccc(OCc4ccc(F)cc4)cc3=O)cn2c1C. The number of ether oxygens (including phenoxy) is 1. The topological polar surface area (TPSA) is 48.5 Å². The molecule has 0 saturated heterocycles. The maximum Gasteiger partial charge on any atom is 0.258 e. The Kier molecular flexibility index (Phi) is 4.24. The van der Waals surface area contributed by atoms with Crippen molar-refractivity contribution in [3.63, 3.8) is 0 Å². The summed E-state index contributed by atoms with van der Waals surface area (Å²) in [6.07, 6.45) is 3.58. The van der Waals surface area contributed by atoms with Crippen LogP contribution in [0.4, 0.5) is 4.39 Å². The van der Waals surface area contributed by atoms with Crippen molar-refractivity contribution in [2.45, 2.75) is 20.5 Å². The number of imidazole rings is 1. The molecule has 0 bridgehead atoms. The van der Waals surface area contributed by atoms with Crippen LogP contribution in [0.2, 0.25) is 0 Å². The number of hydrogen-bond donors (Lipinski definition) is 0. The number of rotatable bonds is 4. The third kappa shape index (κ3) is 3.33. The van der Waals surface area contributed by atoms with Gasteiger partial charge in [-0.05, 0) is 49.7 Å². The van der Waals surface area contributed by atoms with Gasteiger partial charge in [0.05, 0.1) is 11.4 Å². The lowest BCUT2D eigenvalue weighted by Gasteiger charge is -2.10. The molecule has 0 spiro atoms. The third-order valence-electron chi connectivity index (χ3n) is 4.57. The average Bonchev–Trinajstić information content (AvgIpc) is 2.95. The Hall–Kier alpha value is -3.41. The van der Waals surface area contributed by atoms with Gasteiger partial charge in [-0.2, -0.15) is 0 Å². The highest BCUT2D eigenvalue weighted by Gasteiger charge is 2.07. The fourth-order valence-corrected chi connectivity index (χ4v) is 2.92. The molecule has 27 heavy (non-hydrogen) atoms. The quantitative estimate of drug-likeness (QED) is 0.554. The first-order chi connectivity index (χ1) is 13.0. The van der Waals surface area contributed by atoms with Crippen LogP contribution in [0.15, 0.2) is 65.7 Å². The molecule has 0 fully saturated rings. The fraction of sp³-hybridized carbons (Fsp3) is 0.143. The molecule has 136 valence electrons. The van der Waals surface area contributed by atoms with Crippen LogP contribution in [-0.4, -0.2) is 14.0 Å². The van der Waals surface area contributed by atoms with Crippen LogP contribution in [-0.2, 0) is 6.61 Å². The molecule has 5 nitrogen and oxygen atoms in total. The van der Waals surface area contributed by atoms with Gasteiger partial charge < -0.3 is 9.14 Å². The number of hydrogen-bond acceptors (Lipinski definition) is 3. The number of halogens is 1. The highest BCUT2D eigenvalue weighted by molar-refractivity contribution is 5.48. The van der Waals surface area contributed by atoms with E-state index in [1.54, 1.807) is 29.0 Å². The minimum absolute atomic E-state index is 0.194. The molecule has 0 radical (unpaired) electrons. The fourth-order valence-electron chi connectivity index (χ4n) is 2.92. The predicted molar refractivity (Wildman–Crippen MR) is 101 cm³/mol. The summed E-state index contributed by atoms with van der Waals surface area (Å²) in [5, 5.41) is 0. The first kappa shape index (κ1) is 17.0. The number of pyridine rings is 2. The summed E-state index contributed by atoms with van der Waals surface area (Å²) >= 11 is 0. The molecule has 0 unspecified atom stereocenters. The van der Waals surface area contributed by atoms with Crippen molar-refractivity contribution in [1.82, 2.24) is 14.0 Å². The summed E-state index contributed by atoms with van der Waals surface area (Å²) in [7, 11) is 0. The van der Waals surface area contributed by atoms with Crippen molar-refractivity contribution < 1.29 is 9.13 Å². The lowest BCUT2D eigenvalue weighted by molar-refractivity contribution is 0.305. The van der Waals surface area contributed by atoms with E-state index in [0.29, 0.717) is 5.75 Å². The van der Waals surface area contributed by atoms with E-state index in [-0.39, 0.29) is 18.0 Å². The Labute approximate surface area is 155 Å². The van der Waals surface area contributed by atoms with Gasteiger partial charge in [0, 0.05) is 24.2 Å². The molecule has 0 amide bonds. The first-order valence-corrected chi connectivity index (χ1v) is 8.57. The molecule has 0 aliphatic carbocycles. The van der Waals surface area contributed by atoms with Crippen molar-refractivity contribution >= 4 is 5.65 Å². The molecule has 0 aliphatic heterocycles. The van der Waals surface area contributed by atoms with Gasteiger partial charge in [-0.15, -0.1) is 0 Å². The smallest absolute Gasteiger partial charge is 0.258 e. The van der Waals surface area contributed by atoms with Crippen molar-refractivity contribution in [3.8, 4) is 11.4 Å². The Morgan fingerprint density at radius 1 is 1.07 bits per heavy atom. The van der Waals surface area contributed by atoms with E-state index in [9.17, 15) is 9.18 Å². The zero-order chi connectivity index (χ0) is 19.0. The summed E-state index contributed by atoms with van der Waals surface area (Å²) in [6, 6.07) is 13.0. The van der Waals surface area contributed by atoms with E-state index in [0.717, 1.165) is 28.3 Å². The molecule has 6 heteroatoms. The second-order valence-electron chi connectivity index (χ2n) is 6.38. The molecule has 1 aromatic carbocycles. The number of nitrogens with zero attached hydrogens (tertiary/aromatic N) is 3. The Morgan fingerprint density at radius 2 is 1.85 bits per heavy atom. The highest BCUT2D eigenvalue weighted by Crippen LogP contribution is 2.16. The summed E-state index contributed by atoms with van der Waals surface area (Å²) in [4.78, 5) is 17.0. The van der Waals surface area contributed by atoms with Gasteiger partial charge in [-0.25, -0.2) is 9.37 Å². The number of benzene rings is 1. The maximum atomic E-state index is 12.9. The van der Waals surface area contributed by atoms with Crippen LogP contribution in [0.25, 0.3) is 11.3 Å². The second kappa shape index (κ2) is 6.72. The van der Waals surface area contributed by atoms with Gasteiger partial charge in [0.2, 0.25) is 0 Å². The van der Waals surface area contributed by atoms with Gasteiger partial charge in [-0.1, -0.05) is 12.1 Å². The normalized spacial score (nSPS) is 11.1. The number of aromatic nitrogens is 3. The second-order valence-corrected chi connectivity index (χ2v) is 6.38. The summed E-state index contributed by atoms with van der Waals surface area (Å²) < 4.78 is 22.1. The van der Waals surface area contributed by atoms with Crippen LogP contribution in [0, 0.1) is 19.7 Å². The molecule has 4 rings (SSSR count). The number of fused-ring (bicyclic) bond motifs is 1. The molecule has 0 aliphatic rings. The van der Waals surface area contributed by atoms with Gasteiger partial charge in [0.1, 0.15) is 23.8 Å². The van der Waals surface area contributed by atoms with Gasteiger partial charge in [0.15, 0.2) is 0 Å². The summed E-state index contributed by atoms with van der Waals surface area (Å²) in [5.41, 5.74) is 4.24. The van der Waals surface area contributed by atoms with Crippen LogP contribution < -0.4 is 10.3 Å². The largest absolute Gasteiger partial charge is 0.489 e. The minimum Gasteiger partial charge on any atom is -0.489 e. The Morgan fingerprint density at radius 3 is 2.59 bits per heavy atom. The van der Waals surface area contributed by atoms with E-state index in [2.05, 4.69) is 4.98 Å². The summed E-state index contributed by atoms with van der Waals surface area (Å²) in [5.74, 6) is 0.179. The average molecular weight is 363 g/mol. The standard InChI is InChI=1S/C21H18FN3O2/c1-14-15(2)25-12-18(7-8-20(25)23-14)24-10-9-19(11-21(24)26)27-13-16-3-5-17(22)6-4-16/h3-12H,13H2,1-2H3. The number of aryl methyl sites for hydroxylation is 2. The van der Waals surface area contributed by atoms with E-state index in [1.807, 2.05) is 36.6 Å². The molecule has 0 atom stereocenters. The van der Waals surface area contributed by atoms with Gasteiger partial charge in [0.25, 0.3) is 5.56 Å². The van der Waals surface area contributed by atoms with Crippen LogP contribution in [0.1, 0.15) is 17.0 Å². The van der Waals surface area contributed by atoms with E-state index < -0.39 is 0 Å². The molecule has 0 saturated carbocycles. The van der Waals surface area contributed by atoms with Crippen molar-refractivity contribution in [1.29, 1.82) is 0 Å². The zero-order valence-electron chi connectivity index (χ0n) is 15.0. The third-order valence-corrected chi connectivity index (χ3v) is 4.57. The first-order valence-electron chi connectivity index (χ1n) is 8.57. The molecule has 3 heterocycles. The van der Waals surface area contributed by atoms with Crippen LogP contribution >= 0.6 is 0 Å². The minimum atomic E-state index is -0.290. The highest BCUT2D eigenvalue weighted by atomic mass is 19.1. The lowest BCUT2D eigenvalue weighted by atomic mass is 10.2. The molecular formula is C21H18FN3O2. The van der Waals surface area contributed by atoms with Crippen molar-refractivity contribution in [2.75, 3.05) is 0 Å². The van der Waals surface area contributed by atoms with Gasteiger partial charge in [-0.3, -0.25) is 9.36 Å². The van der Waals surface area contributed by atoms with Crippen LogP contribution in [0.3, 0.4) is 0 Å².